The summed E-state index contributed by atoms with van der Waals surface area (Å²) in [6, 6.07) is 9.59. The molecule has 0 radical (unpaired) electrons. The summed E-state index contributed by atoms with van der Waals surface area (Å²) >= 11 is 0. The largest absolute Gasteiger partial charge is 1.00 e. The molecule has 180 valence electrons. The number of nitrogens with one attached hydrogen (secondary N) is 1. The maximum absolute atomic E-state index is 12.3. The maximum Gasteiger partial charge on any atom is 1.00 e. The van der Waals surface area contributed by atoms with Gasteiger partial charge in [0.15, 0.2) is 0 Å². The molecule has 0 heterocycles. The van der Waals surface area contributed by atoms with Crippen molar-refractivity contribution in [2.75, 3.05) is 11.2 Å². The molecular weight excluding hydrogens is 556 g/mol. The van der Waals surface area contributed by atoms with Gasteiger partial charge in [0.2, 0.25) is 9.84 Å². The SMILES string of the molecule is C=CS(=O)(=O)c1ccccc1N=Nc1c(NCS(=O)(=O)[O-])ccc2cc(S(=O)(=O)[O-])cc(O)c12.[Na+].[Na+]. The van der Waals surface area contributed by atoms with Gasteiger partial charge in [-0.15, -0.1) is 10.2 Å². The Morgan fingerprint density at radius 2 is 1.58 bits per heavy atom. The number of azo groups is 1. The monoisotopic (exact) mass is 571 g/mol. The molecule has 0 aliphatic rings. The molecule has 0 unspecified atom stereocenters. The average Bonchev–Trinajstić information content (AvgIpc) is 2.75. The van der Waals surface area contributed by atoms with Crippen molar-refractivity contribution in [3.05, 3.63) is 60.5 Å². The van der Waals surface area contributed by atoms with Crippen LogP contribution in [-0.2, 0) is 30.1 Å². The summed E-state index contributed by atoms with van der Waals surface area (Å²) in [4.78, 5) is -0.972. The number of aromatic hydroxyl groups is 1. The molecule has 3 rings (SSSR count). The number of hydrogen-bond donors (Lipinski definition) is 2. The fourth-order valence-corrected chi connectivity index (χ4v) is 4.64. The third-order valence-electron chi connectivity index (χ3n) is 4.42. The van der Waals surface area contributed by atoms with Crippen molar-refractivity contribution in [2.24, 2.45) is 10.2 Å². The Bertz CT molecular complexity index is 1660. The molecule has 0 aliphatic heterocycles. The number of anilines is 1. The van der Waals surface area contributed by atoms with Crippen molar-refractivity contribution in [1.29, 1.82) is 0 Å². The maximum atomic E-state index is 12.3. The van der Waals surface area contributed by atoms with Gasteiger partial charge in [-0.25, -0.2) is 25.3 Å². The second kappa shape index (κ2) is 12.4. The van der Waals surface area contributed by atoms with Gasteiger partial charge < -0.3 is 19.5 Å². The van der Waals surface area contributed by atoms with Gasteiger partial charge in [0.05, 0.1) is 20.9 Å². The normalized spacial score (nSPS) is 12.1. The number of benzene rings is 3. The minimum atomic E-state index is -4.93. The molecule has 0 spiro atoms. The van der Waals surface area contributed by atoms with Crippen molar-refractivity contribution in [3.63, 3.8) is 0 Å². The second-order valence-corrected chi connectivity index (χ2v) is 11.4. The summed E-state index contributed by atoms with van der Waals surface area (Å²) in [6.07, 6.45) is 0. The molecule has 3 aromatic rings. The fourth-order valence-electron chi connectivity index (χ4n) is 2.93. The van der Waals surface area contributed by atoms with Crippen LogP contribution in [-0.4, -0.2) is 45.3 Å². The molecule has 0 aromatic heterocycles. The van der Waals surface area contributed by atoms with Gasteiger partial charge in [-0.3, -0.25) is 0 Å². The van der Waals surface area contributed by atoms with Gasteiger partial charge in [0, 0.05) is 5.41 Å². The first-order valence-corrected chi connectivity index (χ1v) is 13.6. The summed E-state index contributed by atoms with van der Waals surface area (Å²) in [5.41, 5.74) is -0.480. The van der Waals surface area contributed by atoms with E-state index in [1.54, 1.807) is 0 Å². The van der Waals surface area contributed by atoms with Gasteiger partial charge in [-0.2, -0.15) is 0 Å². The van der Waals surface area contributed by atoms with Crippen LogP contribution in [0.1, 0.15) is 0 Å². The van der Waals surface area contributed by atoms with Crippen molar-refractivity contribution in [1.82, 2.24) is 0 Å². The first-order chi connectivity index (χ1) is 15.7. The predicted octanol–water partition coefficient (Wildman–Crippen LogP) is -3.30. The van der Waals surface area contributed by atoms with E-state index in [-0.39, 0.29) is 91.8 Å². The van der Waals surface area contributed by atoms with E-state index < -0.39 is 46.6 Å². The van der Waals surface area contributed by atoms with Gasteiger partial charge in [-0.1, -0.05) is 24.8 Å². The Balaban J connectivity index is 0.00000324. The van der Waals surface area contributed by atoms with E-state index >= 15 is 0 Å². The number of hydrogen-bond acceptors (Lipinski definition) is 12. The van der Waals surface area contributed by atoms with E-state index in [9.17, 15) is 39.5 Å². The molecule has 17 heteroatoms. The van der Waals surface area contributed by atoms with Crippen molar-refractivity contribution >= 4 is 57.9 Å². The van der Waals surface area contributed by atoms with Gasteiger partial charge in [-0.05, 0) is 35.7 Å². The quantitative estimate of drug-likeness (QED) is 0.156. The molecule has 36 heavy (non-hydrogen) atoms. The minimum Gasteiger partial charge on any atom is -0.747 e. The van der Waals surface area contributed by atoms with Gasteiger partial charge in [0.1, 0.15) is 43.2 Å². The summed E-state index contributed by atoms with van der Waals surface area (Å²) in [7, 11) is -13.6. The number of phenols is 1. The molecule has 0 saturated carbocycles. The fraction of sp³-hybridized carbons (Fsp3) is 0.0526. The summed E-state index contributed by atoms with van der Waals surface area (Å²) in [6.45, 7) is 3.25. The number of nitrogens with zero attached hydrogens (tertiary/aromatic N) is 2. The van der Waals surface area contributed by atoms with Crippen LogP contribution in [0.3, 0.4) is 0 Å². The van der Waals surface area contributed by atoms with E-state index in [1.165, 1.54) is 36.4 Å². The average molecular weight is 572 g/mol. The number of rotatable bonds is 8. The first kappa shape index (κ1) is 32.7. The Morgan fingerprint density at radius 3 is 2.17 bits per heavy atom. The van der Waals surface area contributed by atoms with E-state index in [0.717, 1.165) is 6.07 Å². The summed E-state index contributed by atoms with van der Waals surface area (Å²) < 4.78 is 91.8. The second-order valence-electron chi connectivity index (χ2n) is 6.71. The molecular formula is C19H15N3Na2O9S3. The van der Waals surface area contributed by atoms with Crippen LogP contribution in [0.25, 0.3) is 10.8 Å². The molecule has 0 saturated heterocycles. The zero-order valence-corrected chi connectivity index (χ0v) is 25.4. The van der Waals surface area contributed by atoms with Gasteiger partial charge in [0.25, 0.3) is 0 Å². The summed E-state index contributed by atoms with van der Waals surface area (Å²) in [5.74, 6) is -1.77. The summed E-state index contributed by atoms with van der Waals surface area (Å²) in [5, 5.41) is 21.2. The van der Waals surface area contributed by atoms with Crippen LogP contribution < -0.4 is 64.4 Å². The molecule has 2 N–H and O–H groups in total. The zero-order valence-electron chi connectivity index (χ0n) is 18.9. The molecule has 0 atom stereocenters. The van der Waals surface area contributed by atoms with Crippen LogP contribution in [0.2, 0.25) is 0 Å². The van der Waals surface area contributed by atoms with E-state index in [1.807, 2.05) is 0 Å². The smallest absolute Gasteiger partial charge is 0.747 e. The van der Waals surface area contributed by atoms with Crippen LogP contribution in [0, 0.1) is 0 Å². The van der Waals surface area contributed by atoms with E-state index in [2.05, 4.69) is 22.1 Å². The van der Waals surface area contributed by atoms with E-state index in [4.69, 9.17) is 0 Å². The van der Waals surface area contributed by atoms with Crippen LogP contribution in [0.4, 0.5) is 17.1 Å². The van der Waals surface area contributed by atoms with Crippen molar-refractivity contribution in [3.8, 4) is 5.75 Å². The third-order valence-corrected chi connectivity index (χ3v) is 7.13. The molecule has 0 bridgehead atoms. The number of sulfone groups is 1. The van der Waals surface area contributed by atoms with Crippen molar-refractivity contribution in [2.45, 2.75) is 9.79 Å². The van der Waals surface area contributed by atoms with Gasteiger partial charge >= 0.3 is 59.1 Å². The van der Waals surface area contributed by atoms with Crippen LogP contribution in [0.5, 0.6) is 5.75 Å². The third kappa shape index (κ3) is 7.82. The number of phenolic OH excluding ortho intramolecular Hbond substituents is 1. The molecule has 0 aliphatic carbocycles. The van der Waals surface area contributed by atoms with E-state index in [0.29, 0.717) is 11.5 Å². The van der Waals surface area contributed by atoms with Crippen LogP contribution >= 0.6 is 0 Å². The molecule has 0 fully saturated rings. The minimum absolute atomic E-state index is 0. The van der Waals surface area contributed by atoms with Crippen molar-refractivity contribution < 1.29 is 98.6 Å². The Labute approximate surface area is 251 Å². The molecule has 12 nitrogen and oxygen atoms in total. The zero-order chi connectivity index (χ0) is 25.3. The Kier molecular flexibility index (Phi) is 11.3. The Hall–Kier alpha value is -1.37. The Morgan fingerprint density at radius 1 is 0.944 bits per heavy atom. The standard InChI is InChI=1S/C19H17N3O9S3.2Na/c1-2-32(24,25)17-6-4-3-5-14(17)21-22-19-15(20-11-33(26,27)28)8-7-12-9-13(34(29,30)31)10-16(23)18(12)19;;/h2-10,20,23H,1,11H2,(H,26,27,28)(H,29,30,31);;/q;2*+1/p-2. The van der Waals surface area contributed by atoms with Crippen LogP contribution in [0.15, 0.2) is 80.5 Å². The first-order valence-electron chi connectivity index (χ1n) is 9.04. The predicted molar refractivity (Wildman–Crippen MR) is 120 cm³/mol. The topological polar surface area (TPSA) is 206 Å². The molecule has 3 aromatic carbocycles. The molecule has 0 amide bonds. The number of fused-ring (bicyclic) bond motifs is 1.